The van der Waals surface area contributed by atoms with Crippen molar-refractivity contribution in [3.05, 3.63) is 102 Å². The topological polar surface area (TPSA) is 71.1 Å². The third kappa shape index (κ3) is 7.41. The molecule has 4 rings (SSSR count). The van der Waals surface area contributed by atoms with E-state index in [0.29, 0.717) is 26.2 Å². The Hall–Kier alpha value is -2.66. The molecule has 0 bridgehead atoms. The number of halogens is 4. The summed E-state index contributed by atoms with van der Waals surface area (Å²) in [5.41, 5.74) is 3.45. The van der Waals surface area contributed by atoms with Crippen LogP contribution in [0.15, 0.2) is 90.7 Å². The summed E-state index contributed by atoms with van der Waals surface area (Å²) in [5.74, 6) is 1.45. The highest BCUT2D eigenvalue weighted by molar-refractivity contribution is 9.11. The van der Waals surface area contributed by atoms with E-state index in [1.54, 1.807) is 31.4 Å². The van der Waals surface area contributed by atoms with Crippen LogP contribution in [0.1, 0.15) is 31.9 Å². The van der Waals surface area contributed by atoms with Crippen LogP contribution in [-0.2, 0) is 10.2 Å². The van der Waals surface area contributed by atoms with Crippen LogP contribution < -0.4 is 18.9 Å². The Balaban J connectivity index is 1.47. The Labute approximate surface area is 271 Å². The van der Waals surface area contributed by atoms with E-state index in [4.69, 9.17) is 18.9 Å². The molecule has 0 N–H and O–H groups in total. The van der Waals surface area contributed by atoms with Crippen LogP contribution in [0.25, 0.3) is 11.1 Å². The van der Waals surface area contributed by atoms with Gasteiger partial charge in [0.25, 0.3) is 0 Å². The summed E-state index contributed by atoms with van der Waals surface area (Å²) in [6, 6.07) is 22.0. The van der Waals surface area contributed by atoms with E-state index in [2.05, 4.69) is 77.6 Å². The zero-order valence-electron chi connectivity index (χ0n) is 22.4. The van der Waals surface area contributed by atoms with Gasteiger partial charge < -0.3 is 18.9 Å². The number of carbonyl (C=O) groups excluding carboxylic acids is 2. The predicted octanol–water partition coefficient (Wildman–Crippen LogP) is 10.2. The van der Waals surface area contributed by atoms with Crippen LogP contribution >= 0.6 is 63.7 Å². The number of ether oxygens (including phenoxy) is 4. The molecule has 0 aliphatic carbocycles. The first-order chi connectivity index (χ1) is 19.4. The zero-order chi connectivity index (χ0) is 29.9. The Kier molecular flexibility index (Phi) is 10.00. The Morgan fingerprint density at radius 3 is 1.39 bits per heavy atom. The lowest BCUT2D eigenvalue weighted by Gasteiger charge is -2.28. The van der Waals surface area contributed by atoms with Gasteiger partial charge in [-0.15, -0.1) is 0 Å². The second-order valence-corrected chi connectivity index (χ2v) is 12.9. The molecule has 0 atom stereocenters. The molecule has 0 aliphatic rings. The molecule has 4 aromatic rings. The van der Waals surface area contributed by atoms with Gasteiger partial charge in [0.2, 0.25) is 0 Å². The van der Waals surface area contributed by atoms with Crippen molar-refractivity contribution in [2.24, 2.45) is 0 Å². The van der Waals surface area contributed by atoms with Crippen molar-refractivity contribution >= 4 is 75.8 Å². The maximum atomic E-state index is 12.7. The molecule has 0 aromatic heterocycles. The Morgan fingerprint density at radius 1 is 0.610 bits per heavy atom. The van der Waals surface area contributed by atoms with Gasteiger partial charge >= 0.3 is 12.1 Å². The summed E-state index contributed by atoms with van der Waals surface area (Å²) < 4.78 is 24.3. The van der Waals surface area contributed by atoms with Gasteiger partial charge in [0.1, 0.15) is 17.2 Å². The minimum atomic E-state index is -0.875. The van der Waals surface area contributed by atoms with Crippen LogP contribution in [0.2, 0.25) is 0 Å². The lowest BCUT2D eigenvalue weighted by atomic mass is 9.78. The fourth-order valence-electron chi connectivity index (χ4n) is 4.10. The van der Waals surface area contributed by atoms with Gasteiger partial charge in [0, 0.05) is 12.3 Å². The van der Waals surface area contributed by atoms with Gasteiger partial charge in [-0.3, -0.25) is 4.79 Å². The van der Waals surface area contributed by atoms with Crippen molar-refractivity contribution in [1.82, 2.24) is 0 Å². The van der Waals surface area contributed by atoms with Crippen LogP contribution in [0.3, 0.4) is 0 Å². The molecule has 0 saturated carbocycles. The first-order valence-electron chi connectivity index (χ1n) is 12.2. The third-order valence-corrected chi connectivity index (χ3v) is 8.69. The van der Waals surface area contributed by atoms with E-state index in [-0.39, 0.29) is 5.97 Å². The number of hydrogen-bond acceptors (Lipinski definition) is 6. The molecule has 41 heavy (non-hydrogen) atoms. The van der Waals surface area contributed by atoms with Gasteiger partial charge in [-0.1, -0.05) is 38.1 Å². The number of carbonyl (C=O) groups is 2. The third-order valence-electron chi connectivity index (χ3n) is 6.33. The molecule has 0 saturated heterocycles. The van der Waals surface area contributed by atoms with Crippen molar-refractivity contribution < 1.29 is 28.5 Å². The normalized spacial score (nSPS) is 11.1. The highest BCUT2D eigenvalue weighted by atomic mass is 79.9. The van der Waals surface area contributed by atoms with Gasteiger partial charge in [-0.2, -0.15) is 0 Å². The second kappa shape index (κ2) is 13.1. The van der Waals surface area contributed by atoms with Gasteiger partial charge in [0.15, 0.2) is 5.75 Å². The van der Waals surface area contributed by atoms with Gasteiger partial charge in [0.05, 0.1) is 25.0 Å². The number of rotatable bonds is 7. The lowest BCUT2D eigenvalue weighted by Crippen LogP contribution is -2.20. The van der Waals surface area contributed by atoms with Crippen LogP contribution in [0, 0.1) is 0 Å². The molecule has 0 fully saturated rings. The summed E-state index contributed by atoms with van der Waals surface area (Å²) in [6.07, 6.45) is -0.875. The molecule has 6 nitrogen and oxygen atoms in total. The molecular formula is C31H24Br4O6. The van der Waals surface area contributed by atoms with Crippen LogP contribution in [0.5, 0.6) is 23.0 Å². The molecule has 0 unspecified atom stereocenters. The molecule has 0 heterocycles. The SMILES string of the molecule is COc1c(Br)cc(C(C)(C)c2cc(Br)c(OC(=O)Oc3ccc(-c4ccc(OC(C)=O)cc4)cc3)c(Br)c2)cc1Br. The number of hydrogen-bond donors (Lipinski definition) is 0. The maximum Gasteiger partial charge on any atom is 0.519 e. The second-order valence-electron chi connectivity index (χ2n) is 9.46. The molecular weight excluding hydrogens is 788 g/mol. The smallest absolute Gasteiger partial charge is 0.494 e. The predicted molar refractivity (Wildman–Crippen MR) is 172 cm³/mol. The van der Waals surface area contributed by atoms with E-state index in [1.807, 2.05) is 48.5 Å². The summed E-state index contributed by atoms with van der Waals surface area (Å²) in [6.45, 7) is 5.57. The number of benzene rings is 4. The number of esters is 1. The molecule has 0 aliphatic heterocycles. The molecule has 4 aromatic carbocycles. The first-order valence-corrected chi connectivity index (χ1v) is 15.4. The van der Waals surface area contributed by atoms with E-state index in [0.717, 1.165) is 36.9 Å². The zero-order valence-corrected chi connectivity index (χ0v) is 28.7. The van der Waals surface area contributed by atoms with Crippen LogP contribution in [0.4, 0.5) is 4.79 Å². The Morgan fingerprint density at radius 2 is 1.00 bits per heavy atom. The summed E-state index contributed by atoms with van der Waals surface area (Å²) in [5, 5.41) is 0. The van der Waals surface area contributed by atoms with Crippen molar-refractivity contribution in [3.63, 3.8) is 0 Å². The molecule has 10 heteroatoms. The lowest BCUT2D eigenvalue weighted by molar-refractivity contribution is -0.131. The van der Waals surface area contributed by atoms with Gasteiger partial charge in [-0.05, 0) is 135 Å². The average Bonchev–Trinajstić information content (AvgIpc) is 2.91. The van der Waals surface area contributed by atoms with E-state index < -0.39 is 11.6 Å². The molecule has 0 spiro atoms. The standard InChI is InChI=1S/C31H24Br4O6/c1-17(36)39-22-9-5-18(6-10-22)19-7-11-23(12-8-19)40-30(37)41-29-26(34)15-21(16-27(29)35)31(2,3)20-13-24(32)28(38-4)25(33)14-20/h5-16H,1-4H3. The van der Waals surface area contributed by atoms with E-state index in [9.17, 15) is 9.59 Å². The van der Waals surface area contributed by atoms with Crippen molar-refractivity contribution in [2.75, 3.05) is 7.11 Å². The van der Waals surface area contributed by atoms with Gasteiger partial charge in [-0.25, -0.2) is 4.79 Å². The van der Waals surface area contributed by atoms with Crippen LogP contribution in [-0.4, -0.2) is 19.2 Å². The Bertz CT molecular complexity index is 1550. The largest absolute Gasteiger partial charge is 0.519 e. The van der Waals surface area contributed by atoms with E-state index >= 15 is 0 Å². The van der Waals surface area contributed by atoms with Crippen molar-refractivity contribution in [1.29, 1.82) is 0 Å². The first kappa shape index (κ1) is 31.3. The van der Waals surface area contributed by atoms with Crippen molar-refractivity contribution in [2.45, 2.75) is 26.2 Å². The fraction of sp³-hybridized carbons (Fsp3) is 0.161. The average molecular weight is 812 g/mol. The highest BCUT2D eigenvalue weighted by Crippen LogP contribution is 2.44. The monoisotopic (exact) mass is 808 g/mol. The number of methoxy groups -OCH3 is 1. The van der Waals surface area contributed by atoms with Crippen molar-refractivity contribution in [3.8, 4) is 34.1 Å². The fourth-order valence-corrected chi connectivity index (χ4v) is 6.96. The maximum absolute atomic E-state index is 12.7. The highest BCUT2D eigenvalue weighted by Gasteiger charge is 2.28. The molecule has 212 valence electrons. The molecule has 0 amide bonds. The summed E-state index contributed by atoms with van der Waals surface area (Å²) >= 11 is 14.3. The minimum Gasteiger partial charge on any atom is -0.494 e. The molecule has 0 radical (unpaired) electrons. The quantitative estimate of drug-likeness (QED) is 0.105. The summed E-state index contributed by atoms with van der Waals surface area (Å²) in [4.78, 5) is 23.8. The minimum absolute atomic E-state index is 0.302. The summed E-state index contributed by atoms with van der Waals surface area (Å²) in [7, 11) is 1.62. The van der Waals surface area contributed by atoms with E-state index in [1.165, 1.54) is 6.92 Å².